The maximum atomic E-state index is 12.7. The van der Waals surface area contributed by atoms with Crippen molar-refractivity contribution in [3.8, 4) is 28.8 Å². The third kappa shape index (κ3) is 3.62. The quantitative estimate of drug-likeness (QED) is 0.697. The first-order valence-corrected chi connectivity index (χ1v) is 9.20. The van der Waals surface area contributed by atoms with Crippen LogP contribution < -0.4 is 0 Å². The van der Waals surface area contributed by atoms with Crippen LogP contribution >= 0.6 is 0 Å². The predicted molar refractivity (Wildman–Crippen MR) is 102 cm³/mol. The largest absolute Gasteiger partial charge is 0.337 e. The van der Waals surface area contributed by atoms with Crippen molar-refractivity contribution in [2.45, 2.75) is 19.8 Å². The summed E-state index contributed by atoms with van der Waals surface area (Å²) >= 11 is 0. The highest BCUT2D eigenvalue weighted by atomic mass is 16.5. The molecule has 1 aromatic carbocycles. The Labute approximate surface area is 162 Å². The Balaban J connectivity index is 1.48. The summed E-state index contributed by atoms with van der Waals surface area (Å²) < 4.78 is 5.15. The molecule has 0 radical (unpaired) electrons. The van der Waals surface area contributed by atoms with Gasteiger partial charge in [-0.15, -0.1) is 0 Å². The van der Waals surface area contributed by atoms with Crippen LogP contribution in [0.2, 0.25) is 0 Å². The highest BCUT2D eigenvalue weighted by Crippen LogP contribution is 2.23. The summed E-state index contributed by atoms with van der Waals surface area (Å²) in [7, 11) is 0. The lowest BCUT2D eigenvalue weighted by atomic mass is 9.98. The minimum atomic E-state index is -0.0673. The van der Waals surface area contributed by atoms with E-state index >= 15 is 0 Å². The molecule has 1 aliphatic heterocycles. The number of hydrogen-bond acceptors (Lipinski definition) is 6. The second-order valence-corrected chi connectivity index (χ2v) is 6.88. The van der Waals surface area contributed by atoms with E-state index in [9.17, 15) is 4.79 Å². The average molecular weight is 373 g/mol. The zero-order chi connectivity index (χ0) is 19.5. The van der Waals surface area contributed by atoms with Gasteiger partial charge in [-0.25, -0.2) is 0 Å². The number of aryl methyl sites for hydroxylation is 1. The van der Waals surface area contributed by atoms with Gasteiger partial charge >= 0.3 is 0 Å². The van der Waals surface area contributed by atoms with Gasteiger partial charge in [-0.05, 0) is 44.0 Å². The van der Waals surface area contributed by atoms with Crippen molar-refractivity contribution in [3.05, 3.63) is 54.0 Å². The zero-order valence-electron chi connectivity index (χ0n) is 15.5. The molecule has 1 atom stereocenters. The summed E-state index contributed by atoms with van der Waals surface area (Å²) in [6, 6.07) is 13.4. The first-order chi connectivity index (χ1) is 13.6. The number of piperidine rings is 1. The number of amides is 1. The van der Waals surface area contributed by atoms with E-state index in [0.717, 1.165) is 29.7 Å². The summed E-state index contributed by atoms with van der Waals surface area (Å²) in [4.78, 5) is 23.1. The molecule has 0 spiro atoms. The normalized spacial score (nSPS) is 16.6. The molecule has 3 heterocycles. The number of benzene rings is 1. The third-order valence-electron chi connectivity index (χ3n) is 4.86. The first-order valence-electron chi connectivity index (χ1n) is 9.20. The molecule has 2 aromatic heterocycles. The van der Waals surface area contributed by atoms with E-state index in [1.807, 2.05) is 36.4 Å². The molecule has 1 fully saturated rings. The van der Waals surface area contributed by atoms with Crippen molar-refractivity contribution in [1.82, 2.24) is 20.0 Å². The van der Waals surface area contributed by atoms with Crippen molar-refractivity contribution >= 4 is 5.91 Å². The summed E-state index contributed by atoms with van der Waals surface area (Å²) in [5.41, 5.74) is 3.09. The lowest BCUT2D eigenvalue weighted by molar-refractivity contribution is 0.0699. The number of rotatable bonds is 3. The summed E-state index contributed by atoms with van der Waals surface area (Å²) in [5.74, 6) is 0.924. The molecule has 0 bridgehead atoms. The second-order valence-electron chi connectivity index (χ2n) is 6.88. The van der Waals surface area contributed by atoms with Gasteiger partial charge in [-0.2, -0.15) is 10.2 Å². The predicted octanol–water partition coefficient (Wildman–Crippen LogP) is 3.48. The van der Waals surface area contributed by atoms with Crippen LogP contribution in [0.15, 0.2) is 47.1 Å². The Bertz CT molecular complexity index is 1020. The molecule has 4 rings (SSSR count). The fourth-order valence-electron chi connectivity index (χ4n) is 3.34. The van der Waals surface area contributed by atoms with Crippen LogP contribution in [-0.4, -0.2) is 39.0 Å². The van der Waals surface area contributed by atoms with Crippen LogP contribution in [0.1, 0.15) is 29.0 Å². The van der Waals surface area contributed by atoms with Gasteiger partial charge in [-0.3, -0.25) is 9.78 Å². The van der Waals surface area contributed by atoms with Gasteiger partial charge in [0.05, 0.1) is 23.2 Å². The highest BCUT2D eigenvalue weighted by molar-refractivity contribution is 5.94. The maximum absolute atomic E-state index is 12.7. The first kappa shape index (κ1) is 17.9. The van der Waals surface area contributed by atoms with E-state index in [0.29, 0.717) is 30.4 Å². The molecule has 140 valence electrons. The van der Waals surface area contributed by atoms with Crippen LogP contribution in [0.4, 0.5) is 0 Å². The number of nitriles is 1. The van der Waals surface area contributed by atoms with Gasteiger partial charge in [0.1, 0.15) is 0 Å². The maximum Gasteiger partial charge on any atom is 0.259 e. The van der Waals surface area contributed by atoms with E-state index in [1.165, 1.54) is 0 Å². The lowest BCUT2D eigenvalue weighted by Crippen LogP contribution is -2.39. The molecule has 7 heteroatoms. The summed E-state index contributed by atoms with van der Waals surface area (Å²) in [5, 5.41) is 12.9. The van der Waals surface area contributed by atoms with E-state index in [4.69, 9.17) is 9.78 Å². The fraction of sp³-hybridized carbons (Fsp3) is 0.286. The molecule has 1 saturated heterocycles. The van der Waals surface area contributed by atoms with Gasteiger partial charge in [0.25, 0.3) is 11.8 Å². The lowest BCUT2D eigenvalue weighted by Gasteiger charge is -2.29. The van der Waals surface area contributed by atoms with Crippen molar-refractivity contribution in [1.29, 1.82) is 5.26 Å². The molecule has 28 heavy (non-hydrogen) atoms. The molecular weight excluding hydrogens is 354 g/mol. The molecule has 1 aliphatic rings. The van der Waals surface area contributed by atoms with Crippen LogP contribution in [0.5, 0.6) is 0 Å². The molecular formula is C21H19N5O2. The SMILES string of the molecule is Cc1noc(-c2ccc(-c3ccc(C(=O)N4CCCC(C#N)C4)cc3)nc2)n1. The van der Waals surface area contributed by atoms with Crippen LogP contribution in [0.3, 0.4) is 0 Å². The zero-order valence-corrected chi connectivity index (χ0v) is 15.5. The van der Waals surface area contributed by atoms with Crippen LogP contribution in [0, 0.1) is 24.2 Å². The number of pyridine rings is 1. The Hall–Kier alpha value is -3.53. The topological polar surface area (TPSA) is 95.9 Å². The third-order valence-corrected chi connectivity index (χ3v) is 4.86. The molecule has 3 aromatic rings. The van der Waals surface area contributed by atoms with Gasteiger partial charge in [0.15, 0.2) is 5.82 Å². The minimum Gasteiger partial charge on any atom is -0.337 e. The second kappa shape index (κ2) is 7.61. The van der Waals surface area contributed by atoms with Crippen molar-refractivity contribution in [2.24, 2.45) is 5.92 Å². The van der Waals surface area contributed by atoms with Crippen LogP contribution in [0.25, 0.3) is 22.7 Å². The number of likely N-dealkylation sites (tertiary alicyclic amines) is 1. The number of carbonyl (C=O) groups excluding carboxylic acids is 1. The number of nitrogens with zero attached hydrogens (tertiary/aromatic N) is 5. The van der Waals surface area contributed by atoms with Gasteiger partial charge < -0.3 is 9.42 Å². The van der Waals surface area contributed by atoms with Gasteiger partial charge in [0.2, 0.25) is 0 Å². The molecule has 1 amide bonds. The Morgan fingerprint density at radius 1 is 1.21 bits per heavy atom. The number of aromatic nitrogens is 3. The molecule has 0 saturated carbocycles. The van der Waals surface area contributed by atoms with Crippen molar-refractivity contribution in [3.63, 3.8) is 0 Å². The average Bonchev–Trinajstić information content (AvgIpc) is 3.20. The fourth-order valence-corrected chi connectivity index (χ4v) is 3.34. The minimum absolute atomic E-state index is 0.0263. The number of carbonyl (C=O) groups is 1. The van der Waals surface area contributed by atoms with E-state index < -0.39 is 0 Å². The van der Waals surface area contributed by atoms with Crippen molar-refractivity contribution < 1.29 is 9.32 Å². The number of hydrogen-bond donors (Lipinski definition) is 0. The summed E-state index contributed by atoms with van der Waals surface area (Å²) in [6.07, 6.45) is 3.43. The monoisotopic (exact) mass is 373 g/mol. The van der Waals surface area contributed by atoms with E-state index in [-0.39, 0.29) is 11.8 Å². The van der Waals surface area contributed by atoms with Crippen molar-refractivity contribution in [2.75, 3.05) is 13.1 Å². The highest BCUT2D eigenvalue weighted by Gasteiger charge is 2.24. The van der Waals surface area contributed by atoms with Crippen LogP contribution in [-0.2, 0) is 0 Å². The Morgan fingerprint density at radius 3 is 2.64 bits per heavy atom. The molecule has 0 N–H and O–H groups in total. The van der Waals surface area contributed by atoms with E-state index in [2.05, 4.69) is 21.2 Å². The molecule has 1 unspecified atom stereocenters. The van der Waals surface area contributed by atoms with Gasteiger partial charge in [0, 0.05) is 30.4 Å². The molecule has 7 nitrogen and oxygen atoms in total. The smallest absolute Gasteiger partial charge is 0.259 e. The Kier molecular flexibility index (Phi) is 4.85. The van der Waals surface area contributed by atoms with Gasteiger partial charge in [-0.1, -0.05) is 17.3 Å². The Morgan fingerprint density at radius 2 is 2.00 bits per heavy atom. The molecule has 0 aliphatic carbocycles. The van der Waals surface area contributed by atoms with E-state index in [1.54, 1.807) is 18.0 Å². The standard InChI is InChI=1S/C21H19N5O2/c1-14-24-20(28-25-14)18-8-9-19(23-12-18)16-4-6-17(7-5-16)21(27)26-10-2-3-15(11-22)13-26/h4-9,12,15H,2-3,10,13H2,1H3. The summed E-state index contributed by atoms with van der Waals surface area (Å²) in [6.45, 7) is 2.98.